The van der Waals surface area contributed by atoms with Crippen molar-refractivity contribution in [1.82, 2.24) is 0 Å². The summed E-state index contributed by atoms with van der Waals surface area (Å²) in [7, 11) is 0. The number of guanidine groups is 1. The zero-order valence-electron chi connectivity index (χ0n) is 14.5. The Labute approximate surface area is 161 Å². The topological polar surface area (TPSA) is 76.7 Å². The third kappa shape index (κ3) is 7.07. The molecule has 0 atom stereocenters. The number of hydrogen-bond donors (Lipinski definition) is 2. The number of hydrogen-bond acceptors (Lipinski definition) is 3. The summed E-state index contributed by atoms with van der Waals surface area (Å²) in [6.45, 7) is 4.65. The number of carbonyl (C=O) groups excluding carboxylic acids is 1. The number of halogens is 1. The summed E-state index contributed by atoms with van der Waals surface area (Å²) in [6, 6.07) is 6.06. The average Bonchev–Trinajstić information content (AvgIpc) is 3.00. The van der Waals surface area contributed by atoms with Crippen LogP contribution in [0.3, 0.4) is 0 Å². The van der Waals surface area contributed by atoms with Crippen molar-refractivity contribution in [2.75, 3.05) is 11.9 Å². The van der Waals surface area contributed by atoms with Crippen molar-refractivity contribution in [3.05, 3.63) is 29.3 Å². The van der Waals surface area contributed by atoms with E-state index in [-0.39, 0.29) is 36.0 Å². The molecule has 2 rings (SSSR count). The van der Waals surface area contributed by atoms with E-state index >= 15 is 0 Å². The lowest BCUT2D eigenvalue weighted by Crippen LogP contribution is -2.23. The van der Waals surface area contributed by atoms with Crippen LogP contribution in [0.1, 0.15) is 49.7 Å². The molecule has 0 unspecified atom stereocenters. The normalized spacial score (nSPS) is 15.0. The highest BCUT2D eigenvalue weighted by Gasteiger charge is 2.18. The first-order valence-electron chi connectivity index (χ1n) is 8.38. The summed E-state index contributed by atoms with van der Waals surface area (Å²) in [5.74, 6) is 0.255. The predicted octanol–water partition coefficient (Wildman–Crippen LogP) is 3.91. The van der Waals surface area contributed by atoms with Gasteiger partial charge in [-0.05, 0) is 69.2 Å². The lowest BCUT2D eigenvalue weighted by Gasteiger charge is -2.10. The number of aliphatic imine (C=N–C) groups is 1. The minimum atomic E-state index is -0.118. The number of nitrogens with one attached hydrogen (secondary N) is 1. The molecule has 0 spiro atoms. The van der Waals surface area contributed by atoms with E-state index in [1.165, 1.54) is 24.0 Å². The Balaban J connectivity index is 0.00000288. The van der Waals surface area contributed by atoms with Gasteiger partial charge in [-0.25, -0.2) is 0 Å². The first-order chi connectivity index (χ1) is 11.0. The van der Waals surface area contributed by atoms with E-state index in [1.807, 2.05) is 18.2 Å². The standard InChI is InChI=1S/C18H27N3O2.HI/c1-13-9-10-15(12-14(13)2)21-18(19)20-11-5-8-17(22)23-16-6-3-4-7-16;/h9-10,12,16H,3-8,11H2,1-2H3,(H3,19,20,21);1H. The second-order valence-corrected chi connectivity index (χ2v) is 6.19. The van der Waals surface area contributed by atoms with Gasteiger partial charge in [-0.1, -0.05) is 6.07 Å². The Morgan fingerprint density at radius 1 is 1.29 bits per heavy atom. The number of nitrogens with zero attached hydrogens (tertiary/aromatic N) is 1. The van der Waals surface area contributed by atoms with Crippen LogP contribution in [0.4, 0.5) is 5.69 Å². The van der Waals surface area contributed by atoms with Crippen molar-refractivity contribution in [2.24, 2.45) is 10.7 Å². The molecule has 1 saturated carbocycles. The van der Waals surface area contributed by atoms with Gasteiger partial charge < -0.3 is 15.8 Å². The zero-order valence-corrected chi connectivity index (χ0v) is 16.8. The molecular weight excluding hydrogens is 417 g/mol. The van der Waals surface area contributed by atoms with E-state index in [0.717, 1.165) is 18.5 Å². The maximum atomic E-state index is 11.7. The zero-order chi connectivity index (χ0) is 16.7. The largest absolute Gasteiger partial charge is 0.462 e. The molecule has 1 fully saturated rings. The van der Waals surface area contributed by atoms with E-state index in [4.69, 9.17) is 10.5 Å². The molecule has 0 saturated heterocycles. The van der Waals surface area contributed by atoms with Crippen molar-refractivity contribution in [3.8, 4) is 0 Å². The summed E-state index contributed by atoms with van der Waals surface area (Å²) >= 11 is 0. The second kappa shape index (κ2) is 10.5. The number of rotatable bonds is 6. The minimum absolute atomic E-state index is 0. The Bertz CT molecular complexity index is 569. The number of esters is 1. The number of carbonyl (C=O) groups is 1. The van der Waals surface area contributed by atoms with E-state index in [9.17, 15) is 4.79 Å². The van der Waals surface area contributed by atoms with E-state index in [2.05, 4.69) is 24.2 Å². The first-order valence-corrected chi connectivity index (χ1v) is 8.38. The van der Waals surface area contributed by atoms with Gasteiger partial charge in [0.05, 0.1) is 0 Å². The van der Waals surface area contributed by atoms with Crippen molar-refractivity contribution in [1.29, 1.82) is 0 Å². The van der Waals surface area contributed by atoms with Gasteiger partial charge in [-0.15, -0.1) is 24.0 Å². The highest BCUT2D eigenvalue weighted by molar-refractivity contribution is 14.0. The molecule has 6 heteroatoms. The number of nitrogens with two attached hydrogens (primary N) is 1. The van der Waals surface area contributed by atoms with Gasteiger partial charge in [0.1, 0.15) is 6.10 Å². The van der Waals surface area contributed by atoms with Gasteiger partial charge in [-0.3, -0.25) is 9.79 Å². The lowest BCUT2D eigenvalue weighted by atomic mass is 10.1. The molecule has 1 aliphatic rings. The first kappa shape index (κ1) is 20.7. The summed E-state index contributed by atoms with van der Waals surface area (Å²) < 4.78 is 5.40. The fourth-order valence-electron chi connectivity index (χ4n) is 2.68. The second-order valence-electron chi connectivity index (χ2n) is 6.19. The average molecular weight is 445 g/mol. The maximum absolute atomic E-state index is 11.7. The maximum Gasteiger partial charge on any atom is 0.306 e. The van der Waals surface area contributed by atoms with Crippen molar-refractivity contribution in [2.45, 2.75) is 58.5 Å². The Kier molecular flexibility index (Phi) is 9.10. The van der Waals surface area contributed by atoms with Gasteiger partial charge in [0.25, 0.3) is 0 Å². The molecule has 1 aromatic carbocycles. The van der Waals surface area contributed by atoms with Crippen LogP contribution in [0.5, 0.6) is 0 Å². The molecule has 0 heterocycles. The quantitative estimate of drug-likeness (QED) is 0.229. The van der Waals surface area contributed by atoms with Crippen molar-refractivity contribution >= 4 is 41.6 Å². The van der Waals surface area contributed by atoms with Crippen LogP contribution in [0.25, 0.3) is 0 Å². The van der Waals surface area contributed by atoms with Crippen LogP contribution in [0, 0.1) is 13.8 Å². The molecule has 0 aromatic heterocycles. The van der Waals surface area contributed by atoms with Gasteiger partial charge in [-0.2, -0.15) is 0 Å². The minimum Gasteiger partial charge on any atom is -0.462 e. The van der Waals surface area contributed by atoms with Gasteiger partial charge >= 0.3 is 5.97 Å². The van der Waals surface area contributed by atoms with E-state index in [0.29, 0.717) is 25.3 Å². The van der Waals surface area contributed by atoms with Crippen LogP contribution < -0.4 is 11.1 Å². The number of ether oxygens (including phenoxy) is 1. The monoisotopic (exact) mass is 445 g/mol. The highest BCUT2D eigenvalue weighted by atomic mass is 127. The Hall–Kier alpha value is -1.31. The van der Waals surface area contributed by atoms with Gasteiger partial charge in [0.15, 0.2) is 5.96 Å². The van der Waals surface area contributed by atoms with Crippen LogP contribution >= 0.6 is 24.0 Å². The molecule has 24 heavy (non-hydrogen) atoms. The smallest absolute Gasteiger partial charge is 0.306 e. The Morgan fingerprint density at radius 3 is 2.67 bits per heavy atom. The van der Waals surface area contributed by atoms with Crippen LogP contribution in [-0.4, -0.2) is 24.6 Å². The fourth-order valence-corrected chi connectivity index (χ4v) is 2.68. The third-order valence-corrected chi connectivity index (χ3v) is 4.20. The SMILES string of the molecule is Cc1ccc(NC(N)=NCCCC(=O)OC2CCCC2)cc1C.I. The van der Waals surface area contributed by atoms with Crippen molar-refractivity contribution < 1.29 is 9.53 Å². The molecule has 134 valence electrons. The number of anilines is 1. The molecule has 0 amide bonds. The van der Waals surface area contributed by atoms with Crippen LogP contribution in [-0.2, 0) is 9.53 Å². The molecule has 5 nitrogen and oxygen atoms in total. The molecule has 1 aromatic rings. The summed E-state index contributed by atoms with van der Waals surface area (Å²) in [5, 5.41) is 3.07. The molecule has 0 aliphatic heterocycles. The number of aryl methyl sites for hydroxylation is 2. The molecule has 1 aliphatic carbocycles. The van der Waals surface area contributed by atoms with E-state index < -0.39 is 0 Å². The molecule has 0 bridgehead atoms. The van der Waals surface area contributed by atoms with Crippen LogP contribution in [0.2, 0.25) is 0 Å². The summed E-state index contributed by atoms with van der Waals surface area (Å²) in [4.78, 5) is 15.9. The van der Waals surface area contributed by atoms with Crippen LogP contribution in [0.15, 0.2) is 23.2 Å². The molecule has 0 radical (unpaired) electrons. The van der Waals surface area contributed by atoms with Gasteiger partial charge in [0.2, 0.25) is 0 Å². The fraction of sp³-hybridized carbons (Fsp3) is 0.556. The summed E-state index contributed by atoms with van der Waals surface area (Å²) in [6.07, 6.45) is 5.55. The summed E-state index contributed by atoms with van der Waals surface area (Å²) in [5.41, 5.74) is 9.24. The lowest BCUT2D eigenvalue weighted by molar-refractivity contribution is -0.148. The third-order valence-electron chi connectivity index (χ3n) is 4.20. The molecule has 3 N–H and O–H groups in total. The van der Waals surface area contributed by atoms with Crippen molar-refractivity contribution in [3.63, 3.8) is 0 Å². The molecular formula is C18H28IN3O2. The van der Waals surface area contributed by atoms with Gasteiger partial charge in [0, 0.05) is 18.7 Å². The Morgan fingerprint density at radius 2 is 2.00 bits per heavy atom. The predicted molar refractivity (Wildman–Crippen MR) is 109 cm³/mol. The highest BCUT2D eigenvalue weighted by Crippen LogP contribution is 2.21. The van der Waals surface area contributed by atoms with E-state index in [1.54, 1.807) is 0 Å². The number of benzene rings is 1.